The topological polar surface area (TPSA) is 48.1 Å². The molecule has 24 heavy (non-hydrogen) atoms. The lowest BCUT2D eigenvalue weighted by Crippen LogP contribution is -2.36. The van der Waals surface area contributed by atoms with E-state index in [1.54, 1.807) is 6.92 Å². The van der Waals surface area contributed by atoms with Gasteiger partial charge in [-0.1, -0.05) is 55.5 Å². The number of hydrogen-bond donors (Lipinski definition) is 0. The molecule has 2 aromatic carbocycles. The number of hydrogen-bond acceptors (Lipinski definition) is 2. The summed E-state index contributed by atoms with van der Waals surface area (Å²) in [6, 6.07) is 18.4. The molecule has 4 heteroatoms. The van der Waals surface area contributed by atoms with E-state index in [9.17, 15) is 10.1 Å². The van der Waals surface area contributed by atoms with Gasteiger partial charge in [0.1, 0.15) is 0 Å². The Morgan fingerprint density at radius 1 is 1.08 bits per heavy atom. The van der Waals surface area contributed by atoms with Crippen molar-refractivity contribution in [3.63, 3.8) is 0 Å². The molecular weight excluding hydrogens is 300 g/mol. The Morgan fingerprint density at radius 3 is 2.42 bits per heavy atom. The van der Waals surface area contributed by atoms with Crippen LogP contribution in [0.15, 0.2) is 60.8 Å². The van der Waals surface area contributed by atoms with Gasteiger partial charge in [0.15, 0.2) is 0 Å². The first-order chi connectivity index (χ1) is 11.5. The summed E-state index contributed by atoms with van der Waals surface area (Å²) < 4.78 is 2.19. The van der Waals surface area contributed by atoms with Crippen LogP contribution in [-0.2, 0) is 13.0 Å². The van der Waals surface area contributed by atoms with Crippen molar-refractivity contribution in [1.82, 2.24) is 4.57 Å². The van der Waals surface area contributed by atoms with E-state index in [1.807, 2.05) is 37.3 Å². The lowest BCUT2D eigenvalue weighted by atomic mass is 9.91. The molecule has 0 saturated carbocycles. The highest BCUT2D eigenvalue weighted by Crippen LogP contribution is 2.28. The summed E-state index contributed by atoms with van der Waals surface area (Å²) >= 11 is 0. The van der Waals surface area contributed by atoms with Crippen molar-refractivity contribution in [3.05, 3.63) is 82.0 Å². The van der Waals surface area contributed by atoms with Crippen LogP contribution in [0.5, 0.6) is 0 Å². The first kappa shape index (κ1) is 16.2. The number of para-hydroxylation sites is 1. The van der Waals surface area contributed by atoms with Crippen molar-refractivity contribution in [2.24, 2.45) is 0 Å². The van der Waals surface area contributed by atoms with E-state index in [0.29, 0.717) is 12.8 Å². The van der Waals surface area contributed by atoms with Gasteiger partial charge in [-0.25, -0.2) is 0 Å². The molecule has 1 heterocycles. The van der Waals surface area contributed by atoms with Crippen molar-refractivity contribution >= 4 is 10.9 Å². The number of nitro groups is 1. The standard InChI is InChI=1S/C20H22N2O2/c1-3-20(2,22(23)24)13-17-15-21(14-16-9-5-4-6-10-16)19-12-8-7-11-18(17)19/h4-12,15H,3,13-14H2,1-2H3. The van der Waals surface area contributed by atoms with E-state index in [2.05, 4.69) is 35.0 Å². The van der Waals surface area contributed by atoms with Gasteiger partial charge in [0.2, 0.25) is 5.54 Å². The van der Waals surface area contributed by atoms with Gasteiger partial charge in [0.25, 0.3) is 0 Å². The van der Waals surface area contributed by atoms with Crippen LogP contribution in [0.1, 0.15) is 31.4 Å². The molecular formula is C20H22N2O2. The molecule has 1 unspecified atom stereocenters. The SMILES string of the molecule is CCC(C)(Cc1cn(Cc2ccccc2)c2ccccc12)[N+](=O)[O-]. The van der Waals surface area contributed by atoms with Crippen LogP contribution >= 0.6 is 0 Å². The molecule has 0 fully saturated rings. The molecule has 0 aliphatic heterocycles. The predicted octanol–water partition coefficient (Wildman–Crippen LogP) is 4.68. The Bertz CT molecular complexity index is 854. The molecule has 4 nitrogen and oxygen atoms in total. The Labute approximate surface area is 141 Å². The van der Waals surface area contributed by atoms with Crippen molar-refractivity contribution < 1.29 is 4.92 Å². The number of rotatable bonds is 6. The van der Waals surface area contributed by atoms with E-state index in [1.165, 1.54) is 5.56 Å². The zero-order valence-electron chi connectivity index (χ0n) is 14.1. The van der Waals surface area contributed by atoms with Gasteiger partial charge in [-0.2, -0.15) is 0 Å². The minimum Gasteiger partial charge on any atom is -0.343 e. The van der Waals surface area contributed by atoms with Crippen LogP contribution in [0.3, 0.4) is 0 Å². The lowest BCUT2D eigenvalue weighted by molar-refractivity contribution is -0.565. The first-order valence-electron chi connectivity index (χ1n) is 8.28. The zero-order valence-corrected chi connectivity index (χ0v) is 14.1. The normalized spacial score (nSPS) is 13.8. The van der Waals surface area contributed by atoms with Crippen molar-refractivity contribution in [1.29, 1.82) is 0 Å². The van der Waals surface area contributed by atoms with Gasteiger partial charge in [-0.3, -0.25) is 10.1 Å². The van der Waals surface area contributed by atoms with E-state index in [4.69, 9.17) is 0 Å². The minimum absolute atomic E-state index is 0.143. The summed E-state index contributed by atoms with van der Waals surface area (Å²) in [5, 5.41) is 12.6. The zero-order chi connectivity index (χ0) is 17.2. The number of aromatic nitrogens is 1. The van der Waals surface area contributed by atoms with Gasteiger partial charge in [-0.15, -0.1) is 0 Å². The molecule has 3 rings (SSSR count). The number of fused-ring (bicyclic) bond motifs is 1. The molecule has 0 N–H and O–H groups in total. The third-order valence-corrected chi connectivity index (χ3v) is 4.84. The summed E-state index contributed by atoms with van der Waals surface area (Å²) in [6.45, 7) is 4.38. The van der Waals surface area contributed by atoms with Gasteiger partial charge < -0.3 is 4.57 Å². The average molecular weight is 322 g/mol. The Hall–Kier alpha value is -2.62. The molecule has 0 aliphatic carbocycles. The Kier molecular flexibility index (Phi) is 4.38. The molecule has 0 bridgehead atoms. The molecule has 1 aromatic heterocycles. The van der Waals surface area contributed by atoms with Gasteiger partial charge >= 0.3 is 0 Å². The van der Waals surface area contributed by atoms with Gasteiger partial charge in [0, 0.05) is 48.3 Å². The third-order valence-electron chi connectivity index (χ3n) is 4.84. The summed E-state index contributed by atoms with van der Waals surface area (Å²) in [5.74, 6) is 0. The Balaban J connectivity index is 2.02. The first-order valence-corrected chi connectivity index (χ1v) is 8.28. The second kappa shape index (κ2) is 6.48. The van der Waals surface area contributed by atoms with Crippen LogP contribution in [-0.4, -0.2) is 15.0 Å². The third kappa shape index (κ3) is 3.04. The van der Waals surface area contributed by atoms with E-state index in [-0.39, 0.29) is 4.92 Å². The number of nitrogens with zero attached hydrogens (tertiary/aromatic N) is 2. The maximum Gasteiger partial charge on any atom is 0.223 e. The molecule has 0 saturated heterocycles. The molecule has 0 amide bonds. The average Bonchev–Trinajstić information content (AvgIpc) is 2.93. The second-order valence-electron chi connectivity index (χ2n) is 6.57. The van der Waals surface area contributed by atoms with Gasteiger partial charge in [0.05, 0.1) is 0 Å². The summed E-state index contributed by atoms with van der Waals surface area (Å²) in [5.41, 5.74) is 2.46. The summed E-state index contributed by atoms with van der Waals surface area (Å²) in [7, 11) is 0. The van der Waals surface area contributed by atoms with Gasteiger partial charge in [-0.05, 0) is 17.2 Å². The maximum absolute atomic E-state index is 11.5. The van der Waals surface area contributed by atoms with Crippen LogP contribution in [0, 0.1) is 10.1 Å². The smallest absolute Gasteiger partial charge is 0.223 e. The monoisotopic (exact) mass is 322 g/mol. The fourth-order valence-electron chi connectivity index (χ4n) is 3.10. The summed E-state index contributed by atoms with van der Waals surface area (Å²) in [4.78, 5) is 11.3. The van der Waals surface area contributed by atoms with Crippen molar-refractivity contribution in [2.45, 2.75) is 38.8 Å². The molecule has 1 atom stereocenters. The van der Waals surface area contributed by atoms with E-state index in [0.717, 1.165) is 23.0 Å². The molecule has 124 valence electrons. The van der Waals surface area contributed by atoms with Crippen LogP contribution < -0.4 is 0 Å². The molecule has 0 radical (unpaired) electrons. The van der Waals surface area contributed by atoms with Crippen molar-refractivity contribution in [3.8, 4) is 0 Å². The van der Waals surface area contributed by atoms with Crippen LogP contribution in [0.4, 0.5) is 0 Å². The molecule has 0 aliphatic rings. The highest BCUT2D eigenvalue weighted by Gasteiger charge is 2.36. The minimum atomic E-state index is -0.929. The molecule has 0 spiro atoms. The fourth-order valence-corrected chi connectivity index (χ4v) is 3.10. The quantitative estimate of drug-likeness (QED) is 0.489. The summed E-state index contributed by atoms with van der Waals surface area (Å²) in [6.07, 6.45) is 3.03. The maximum atomic E-state index is 11.5. The van der Waals surface area contributed by atoms with Crippen molar-refractivity contribution in [2.75, 3.05) is 0 Å². The molecule has 3 aromatic rings. The second-order valence-corrected chi connectivity index (χ2v) is 6.57. The lowest BCUT2D eigenvalue weighted by Gasteiger charge is -2.18. The Morgan fingerprint density at radius 2 is 1.75 bits per heavy atom. The fraction of sp³-hybridized carbons (Fsp3) is 0.300. The van der Waals surface area contributed by atoms with Crippen LogP contribution in [0.25, 0.3) is 10.9 Å². The number of benzene rings is 2. The highest BCUT2D eigenvalue weighted by molar-refractivity contribution is 5.84. The largest absolute Gasteiger partial charge is 0.343 e. The van der Waals surface area contributed by atoms with Crippen LogP contribution in [0.2, 0.25) is 0 Å². The highest BCUT2D eigenvalue weighted by atomic mass is 16.6. The van der Waals surface area contributed by atoms with E-state index >= 15 is 0 Å². The predicted molar refractivity (Wildman–Crippen MR) is 96.9 cm³/mol. The van der Waals surface area contributed by atoms with E-state index < -0.39 is 5.54 Å².